The fraction of sp³-hybridized carbons (Fsp3) is 0.600. The number of rotatable bonds is 4. The van der Waals surface area contributed by atoms with Crippen LogP contribution in [-0.2, 0) is 4.79 Å². The van der Waals surface area contributed by atoms with Gasteiger partial charge in [0, 0.05) is 17.7 Å². The number of hydrogen-bond acceptors (Lipinski definition) is 3. The second kappa shape index (κ2) is 2.59. The van der Waals surface area contributed by atoms with E-state index in [4.69, 9.17) is 4.74 Å². The molecule has 1 heterocycles. The lowest BCUT2D eigenvalue weighted by Crippen LogP contribution is -2.66. The Morgan fingerprint density at radius 2 is 2.33 bits per heavy atom. The minimum atomic E-state index is -0.883. The fourth-order valence-electron chi connectivity index (χ4n) is 2.70. The van der Waals surface area contributed by atoms with E-state index in [9.17, 15) is 9.18 Å². The lowest BCUT2D eigenvalue weighted by molar-refractivity contribution is -0.226. The first kappa shape index (κ1) is 8.88. The van der Waals surface area contributed by atoms with Gasteiger partial charge in [-0.3, -0.25) is 4.79 Å². The lowest BCUT2D eigenvalue weighted by Gasteiger charge is -2.65. The van der Waals surface area contributed by atoms with Gasteiger partial charge in [-0.15, -0.1) is 5.10 Å². The molecule has 5 heteroatoms. The van der Waals surface area contributed by atoms with Crippen molar-refractivity contribution in [2.45, 2.75) is 24.9 Å². The Balaban J connectivity index is 1.56. The van der Waals surface area contributed by atoms with Crippen molar-refractivity contribution in [2.24, 2.45) is 5.41 Å². The third kappa shape index (κ3) is 1.26. The second-order valence-corrected chi connectivity index (χ2v) is 4.71. The molecular formula is C10H11FN2O2. The first-order chi connectivity index (χ1) is 7.13. The van der Waals surface area contributed by atoms with E-state index in [1.54, 1.807) is 6.07 Å². The molecule has 0 saturated heterocycles. The number of alkyl halides is 1. The van der Waals surface area contributed by atoms with E-state index in [-0.39, 0.29) is 5.41 Å². The molecule has 0 radical (unpaired) electrons. The number of carbonyl (C=O) groups is 1. The van der Waals surface area contributed by atoms with Crippen molar-refractivity contribution < 1.29 is 13.9 Å². The third-order valence-electron chi connectivity index (χ3n) is 3.29. The number of carbonyl (C=O) groups excluding carboxylic acids is 1. The zero-order valence-corrected chi connectivity index (χ0v) is 8.15. The second-order valence-electron chi connectivity index (χ2n) is 4.71. The normalized spacial score (nSPS) is 36.6. The summed E-state index contributed by atoms with van der Waals surface area (Å²) >= 11 is 0. The van der Waals surface area contributed by atoms with E-state index in [1.807, 2.05) is 0 Å². The molecule has 15 heavy (non-hydrogen) atoms. The highest BCUT2D eigenvalue weighted by Crippen LogP contribution is 2.69. The van der Waals surface area contributed by atoms with Crippen LogP contribution in [0.25, 0.3) is 0 Å². The molecule has 3 saturated carbocycles. The number of hydrogen-bond donors (Lipinski definition) is 0. The van der Waals surface area contributed by atoms with E-state index < -0.39 is 5.67 Å². The van der Waals surface area contributed by atoms with E-state index in [1.165, 1.54) is 6.20 Å². The summed E-state index contributed by atoms with van der Waals surface area (Å²) in [5.74, 6) is 0.430. The minimum absolute atomic E-state index is 0.0553. The molecule has 4 rings (SSSR count). The van der Waals surface area contributed by atoms with Crippen LogP contribution in [0.3, 0.4) is 0 Å². The van der Waals surface area contributed by atoms with Gasteiger partial charge in [0.2, 0.25) is 12.3 Å². The van der Waals surface area contributed by atoms with Crippen LogP contribution in [-0.4, -0.2) is 28.5 Å². The SMILES string of the molecule is O=Cn1ccc(OCC23CC(F)(C2)C3)n1. The average Bonchev–Trinajstić information content (AvgIpc) is 2.57. The molecule has 3 aliphatic carbocycles. The fourth-order valence-corrected chi connectivity index (χ4v) is 2.70. The van der Waals surface area contributed by atoms with E-state index in [2.05, 4.69) is 5.10 Å². The average molecular weight is 210 g/mol. The Labute approximate surface area is 86.0 Å². The Morgan fingerprint density at radius 1 is 1.60 bits per heavy atom. The molecule has 3 fully saturated rings. The molecule has 0 amide bonds. The van der Waals surface area contributed by atoms with Crippen molar-refractivity contribution in [3.05, 3.63) is 12.3 Å². The van der Waals surface area contributed by atoms with Crippen LogP contribution in [0.5, 0.6) is 5.88 Å². The van der Waals surface area contributed by atoms with Crippen molar-refractivity contribution >= 4 is 6.41 Å². The first-order valence-corrected chi connectivity index (χ1v) is 4.95. The lowest BCUT2D eigenvalue weighted by atomic mass is 9.43. The molecule has 0 spiro atoms. The predicted molar refractivity (Wildman–Crippen MR) is 50.0 cm³/mol. The highest BCUT2D eigenvalue weighted by molar-refractivity contribution is 5.50. The molecule has 3 aliphatic rings. The standard InChI is InChI=1S/C10H11FN2O2/c11-10-3-9(4-10,5-10)6-15-8-1-2-13(7-14)12-8/h1-2,7H,3-6H2. The van der Waals surface area contributed by atoms with Crippen LogP contribution < -0.4 is 4.74 Å². The summed E-state index contributed by atoms with van der Waals surface area (Å²) in [5.41, 5.74) is -0.828. The molecule has 80 valence electrons. The van der Waals surface area contributed by atoms with Gasteiger partial charge in [0.15, 0.2) is 0 Å². The van der Waals surface area contributed by atoms with E-state index >= 15 is 0 Å². The van der Waals surface area contributed by atoms with Crippen molar-refractivity contribution in [2.75, 3.05) is 6.61 Å². The smallest absolute Gasteiger partial charge is 0.234 e. The number of aromatic nitrogens is 2. The van der Waals surface area contributed by atoms with Crippen molar-refractivity contribution in [1.82, 2.24) is 9.78 Å². The summed E-state index contributed by atoms with van der Waals surface area (Å²) in [6.07, 6.45) is 3.99. The van der Waals surface area contributed by atoms with Crippen molar-refractivity contribution in [3.63, 3.8) is 0 Å². The summed E-state index contributed by atoms with van der Waals surface area (Å²) in [4.78, 5) is 10.3. The van der Waals surface area contributed by atoms with Crippen LogP contribution in [0.1, 0.15) is 19.3 Å². The van der Waals surface area contributed by atoms with Gasteiger partial charge in [-0.2, -0.15) is 0 Å². The predicted octanol–water partition coefficient (Wildman–Crippen LogP) is 1.19. The van der Waals surface area contributed by atoms with Gasteiger partial charge in [0.1, 0.15) is 5.67 Å². The van der Waals surface area contributed by atoms with Crippen LogP contribution >= 0.6 is 0 Å². The van der Waals surface area contributed by atoms with Gasteiger partial charge < -0.3 is 4.74 Å². The van der Waals surface area contributed by atoms with Gasteiger partial charge in [-0.05, 0) is 19.3 Å². The van der Waals surface area contributed by atoms with Crippen LogP contribution in [0.4, 0.5) is 4.39 Å². The maximum absolute atomic E-state index is 13.2. The highest BCUT2D eigenvalue weighted by atomic mass is 19.1. The van der Waals surface area contributed by atoms with Crippen LogP contribution in [0.2, 0.25) is 0 Å². The van der Waals surface area contributed by atoms with Gasteiger partial charge >= 0.3 is 0 Å². The Bertz CT molecular complexity index is 396. The Hall–Kier alpha value is -1.39. The largest absolute Gasteiger partial charge is 0.476 e. The number of nitrogens with zero attached hydrogens (tertiary/aromatic N) is 2. The molecule has 0 N–H and O–H groups in total. The molecular weight excluding hydrogens is 199 g/mol. The molecule has 2 bridgehead atoms. The molecule has 1 aromatic rings. The summed E-state index contributed by atoms with van der Waals surface area (Å²) in [5, 5.41) is 3.86. The number of halogens is 1. The Morgan fingerprint density at radius 3 is 2.87 bits per heavy atom. The van der Waals surface area contributed by atoms with E-state index in [0.717, 1.165) is 4.68 Å². The molecule has 0 unspecified atom stereocenters. The van der Waals surface area contributed by atoms with Crippen LogP contribution in [0.15, 0.2) is 12.3 Å². The number of ether oxygens (including phenoxy) is 1. The summed E-state index contributed by atoms with van der Waals surface area (Å²) in [7, 11) is 0. The summed E-state index contributed by atoms with van der Waals surface area (Å²) in [6, 6.07) is 1.63. The van der Waals surface area contributed by atoms with Gasteiger partial charge in [-0.1, -0.05) is 0 Å². The molecule has 0 aromatic carbocycles. The zero-order valence-electron chi connectivity index (χ0n) is 8.15. The molecule has 0 atom stereocenters. The zero-order chi connectivity index (χ0) is 10.5. The third-order valence-corrected chi connectivity index (χ3v) is 3.29. The maximum atomic E-state index is 13.2. The quantitative estimate of drug-likeness (QED) is 0.701. The maximum Gasteiger partial charge on any atom is 0.234 e. The monoisotopic (exact) mass is 210 g/mol. The van der Waals surface area contributed by atoms with Crippen LogP contribution in [0, 0.1) is 5.41 Å². The highest BCUT2D eigenvalue weighted by Gasteiger charge is 2.69. The molecule has 1 aromatic heterocycles. The summed E-state index contributed by atoms with van der Waals surface area (Å²) in [6.45, 7) is 0.508. The van der Waals surface area contributed by atoms with Gasteiger partial charge in [-0.25, -0.2) is 9.07 Å². The summed E-state index contributed by atoms with van der Waals surface area (Å²) < 4.78 is 19.7. The van der Waals surface area contributed by atoms with E-state index in [0.29, 0.717) is 38.2 Å². The molecule has 4 nitrogen and oxygen atoms in total. The minimum Gasteiger partial charge on any atom is -0.476 e. The van der Waals surface area contributed by atoms with Crippen molar-refractivity contribution in [3.8, 4) is 5.88 Å². The van der Waals surface area contributed by atoms with Gasteiger partial charge in [0.25, 0.3) is 0 Å². The topological polar surface area (TPSA) is 44.1 Å². The van der Waals surface area contributed by atoms with Crippen molar-refractivity contribution in [1.29, 1.82) is 0 Å². The Kier molecular flexibility index (Phi) is 1.53. The van der Waals surface area contributed by atoms with Gasteiger partial charge in [0.05, 0.1) is 6.61 Å². The molecule has 0 aliphatic heterocycles. The first-order valence-electron chi connectivity index (χ1n) is 4.95.